The van der Waals surface area contributed by atoms with E-state index in [4.69, 9.17) is 0 Å². The zero-order chi connectivity index (χ0) is 18.4. The van der Waals surface area contributed by atoms with Crippen LogP contribution in [0.5, 0.6) is 0 Å². The number of carbonyl (C=O) groups excluding carboxylic acids is 2. The molecule has 2 rings (SSSR count). The van der Waals surface area contributed by atoms with E-state index in [2.05, 4.69) is 49.6 Å². The fourth-order valence-corrected chi connectivity index (χ4v) is 2.73. The molecule has 2 aromatic carbocycles. The number of benzene rings is 2. The maximum Gasteiger partial charge on any atom is 0.226 e. The van der Waals surface area contributed by atoms with Crippen molar-refractivity contribution in [2.45, 2.75) is 40.0 Å². The second-order valence-corrected chi connectivity index (χ2v) is 6.55. The van der Waals surface area contributed by atoms with Crippen LogP contribution in [0.25, 0.3) is 0 Å². The summed E-state index contributed by atoms with van der Waals surface area (Å²) in [5.74, 6) is 0.389. The highest BCUT2D eigenvalue weighted by atomic mass is 16.1. The van der Waals surface area contributed by atoms with Crippen LogP contribution in [0.15, 0.2) is 42.5 Å². The van der Waals surface area contributed by atoms with Gasteiger partial charge in [0.1, 0.15) is 0 Å². The van der Waals surface area contributed by atoms with E-state index in [-0.39, 0.29) is 11.7 Å². The van der Waals surface area contributed by atoms with Gasteiger partial charge < -0.3 is 10.6 Å². The first kappa shape index (κ1) is 18.7. The molecule has 25 heavy (non-hydrogen) atoms. The van der Waals surface area contributed by atoms with Crippen LogP contribution >= 0.6 is 0 Å². The van der Waals surface area contributed by atoms with E-state index in [0.717, 1.165) is 5.69 Å². The van der Waals surface area contributed by atoms with Gasteiger partial charge in [-0.2, -0.15) is 0 Å². The zero-order valence-electron chi connectivity index (χ0n) is 15.3. The van der Waals surface area contributed by atoms with Crippen molar-refractivity contribution in [2.24, 2.45) is 0 Å². The van der Waals surface area contributed by atoms with E-state index in [1.54, 1.807) is 24.3 Å². The molecule has 0 fully saturated rings. The van der Waals surface area contributed by atoms with E-state index in [0.29, 0.717) is 30.1 Å². The van der Waals surface area contributed by atoms with Crippen molar-refractivity contribution in [3.8, 4) is 0 Å². The number of rotatable bonds is 7. The van der Waals surface area contributed by atoms with Gasteiger partial charge >= 0.3 is 0 Å². The summed E-state index contributed by atoms with van der Waals surface area (Å²) in [5, 5.41) is 6.25. The lowest BCUT2D eigenvalue weighted by Crippen LogP contribution is -2.17. The first-order valence-corrected chi connectivity index (χ1v) is 8.62. The molecule has 0 bridgehead atoms. The monoisotopic (exact) mass is 338 g/mol. The maximum atomic E-state index is 12.1. The zero-order valence-corrected chi connectivity index (χ0v) is 15.3. The van der Waals surface area contributed by atoms with Crippen LogP contribution in [0, 0.1) is 6.92 Å². The maximum absolute atomic E-state index is 12.1. The molecular formula is C21H26N2O2. The number of Topliss-reactive ketones (excluding diaryl/α,β-unsaturated/α-hetero) is 1. The summed E-state index contributed by atoms with van der Waals surface area (Å²) in [5.41, 5.74) is 4.91. The number of aryl methyl sites for hydroxylation is 1. The number of hydrogen-bond donors (Lipinski definition) is 2. The molecule has 0 aromatic heterocycles. The summed E-state index contributed by atoms with van der Waals surface area (Å²) in [6.07, 6.45) is 0.375. The fraction of sp³-hybridized carbons (Fsp3) is 0.333. The summed E-state index contributed by atoms with van der Waals surface area (Å²) in [6.45, 7) is 8.50. The third-order valence-corrected chi connectivity index (χ3v) is 4.16. The Balaban J connectivity index is 1.90. The summed E-state index contributed by atoms with van der Waals surface area (Å²) in [4.78, 5) is 23.4. The molecule has 2 aromatic rings. The first-order valence-electron chi connectivity index (χ1n) is 8.62. The number of anilines is 2. The quantitative estimate of drug-likeness (QED) is 0.716. The number of amides is 1. The summed E-state index contributed by atoms with van der Waals surface area (Å²) >= 11 is 0. The molecule has 0 radical (unpaired) electrons. The fourth-order valence-electron chi connectivity index (χ4n) is 2.73. The van der Waals surface area contributed by atoms with Gasteiger partial charge in [-0.3, -0.25) is 9.59 Å². The molecule has 4 nitrogen and oxygen atoms in total. The SMILES string of the molecule is CC(=O)c1ccc(NC(=O)CCNc2c(C)cccc2C(C)C)cc1. The van der Waals surface area contributed by atoms with Crippen molar-refractivity contribution in [3.05, 3.63) is 59.2 Å². The van der Waals surface area contributed by atoms with Gasteiger partial charge in [0, 0.05) is 29.9 Å². The van der Waals surface area contributed by atoms with Crippen molar-refractivity contribution < 1.29 is 9.59 Å². The number of hydrogen-bond acceptors (Lipinski definition) is 3. The number of para-hydroxylation sites is 1. The van der Waals surface area contributed by atoms with Crippen molar-refractivity contribution in [2.75, 3.05) is 17.2 Å². The third kappa shape index (κ3) is 5.18. The smallest absolute Gasteiger partial charge is 0.226 e. The van der Waals surface area contributed by atoms with Crippen LogP contribution in [0.2, 0.25) is 0 Å². The molecule has 132 valence electrons. The first-order chi connectivity index (χ1) is 11.9. The molecule has 0 aliphatic heterocycles. The van der Waals surface area contributed by atoms with E-state index in [1.807, 2.05) is 0 Å². The van der Waals surface area contributed by atoms with Gasteiger partial charge in [-0.15, -0.1) is 0 Å². The van der Waals surface area contributed by atoms with Crippen LogP contribution < -0.4 is 10.6 Å². The molecule has 4 heteroatoms. The van der Waals surface area contributed by atoms with E-state index >= 15 is 0 Å². The number of nitrogens with one attached hydrogen (secondary N) is 2. The van der Waals surface area contributed by atoms with Crippen molar-refractivity contribution >= 4 is 23.1 Å². The molecule has 0 heterocycles. The highest BCUT2D eigenvalue weighted by Crippen LogP contribution is 2.27. The van der Waals surface area contributed by atoms with Crippen LogP contribution in [-0.4, -0.2) is 18.2 Å². The minimum Gasteiger partial charge on any atom is -0.384 e. The molecule has 2 N–H and O–H groups in total. The predicted octanol–water partition coefficient (Wildman–Crippen LogP) is 4.76. The Morgan fingerprint density at radius 3 is 2.32 bits per heavy atom. The third-order valence-electron chi connectivity index (χ3n) is 4.16. The predicted molar refractivity (Wildman–Crippen MR) is 103 cm³/mol. The topological polar surface area (TPSA) is 58.2 Å². The Morgan fingerprint density at radius 1 is 1.04 bits per heavy atom. The van der Waals surface area contributed by atoms with E-state index in [1.165, 1.54) is 18.1 Å². The Hall–Kier alpha value is -2.62. The van der Waals surface area contributed by atoms with Gasteiger partial charge in [0.05, 0.1) is 0 Å². The van der Waals surface area contributed by atoms with Crippen LogP contribution in [0.1, 0.15) is 54.6 Å². The normalized spacial score (nSPS) is 10.6. The molecule has 0 aliphatic carbocycles. The van der Waals surface area contributed by atoms with Gasteiger partial charge in [-0.25, -0.2) is 0 Å². The van der Waals surface area contributed by atoms with Gasteiger partial charge in [-0.1, -0.05) is 32.0 Å². The second-order valence-electron chi connectivity index (χ2n) is 6.55. The molecule has 0 aliphatic rings. The minimum absolute atomic E-state index is 0.0151. The Kier molecular flexibility index (Phi) is 6.34. The lowest BCUT2D eigenvalue weighted by Gasteiger charge is -2.17. The Labute approximate surface area is 149 Å². The molecule has 0 spiro atoms. The average molecular weight is 338 g/mol. The largest absolute Gasteiger partial charge is 0.384 e. The average Bonchev–Trinajstić information content (AvgIpc) is 2.56. The number of ketones is 1. The molecule has 0 atom stereocenters. The van der Waals surface area contributed by atoms with Crippen molar-refractivity contribution in [1.29, 1.82) is 0 Å². The van der Waals surface area contributed by atoms with Crippen LogP contribution in [0.3, 0.4) is 0 Å². The molecular weight excluding hydrogens is 312 g/mol. The minimum atomic E-state index is -0.0530. The van der Waals surface area contributed by atoms with E-state index in [9.17, 15) is 9.59 Å². The molecule has 0 saturated carbocycles. The Morgan fingerprint density at radius 2 is 1.72 bits per heavy atom. The highest BCUT2D eigenvalue weighted by molar-refractivity contribution is 5.95. The van der Waals surface area contributed by atoms with Crippen LogP contribution in [-0.2, 0) is 4.79 Å². The summed E-state index contributed by atoms with van der Waals surface area (Å²) in [7, 11) is 0. The van der Waals surface area contributed by atoms with Crippen molar-refractivity contribution in [1.82, 2.24) is 0 Å². The molecule has 0 saturated heterocycles. The highest BCUT2D eigenvalue weighted by Gasteiger charge is 2.09. The van der Waals surface area contributed by atoms with Gasteiger partial charge in [0.15, 0.2) is 5.78 Å². The summed E-state index contributed by atoms with van der Waals surface area (Å²) in [6, 6.07) is 13.2. The van der Waals surface area contributed by atoms with Gasteiger partial charge in [-0.05, 0) is 55.2 Å². The molecule has 0 unspecified atom stereocenters. The van der Waals surface area contributed by atoms with Crippen LogP contribution in [0.4, 0.5) is 11.4 Å². The Bertz CT molecular complexity index is 749. The second kappa shape index (κ2) is 8.47. The lowest BCUT2D eigenvalue weighted by molar-refractivity contribution is -0.115. The van der Waals surface area contributed by atoms with E-state index < -0.39 is 0 Å². The van der Waals surface area contributed by atoms with Gasteiger partial charge in [0.25, 0.3) is 0 Å². The summed E-state index contributed by atoms with van der Waals surface area (Å²) < 4.78 is 0. The van der Waals surface area contributed by atoms with Crippen molar-refractivity contribution in [3.63, 3.8) is 0 Å². The van der Waals surface area contributed by atoms with Gasteiger partial charge in [0.2, 0.25) is 5.91 Å². The standard InChI is InChI=1S/C21H26N2O2/c1-14(2)19-7-5-6-15(3)21(19)22-13-12-20(25)23-18-10-8-17(9-11-18)16(4)24/h5-11,14,22H,12-13H2,1-4H3,(H,23,25). The lowest BCUT2D eigenvalue weighted by atomic mass is 9.98. The molecule has 1 amide bonds. The number of carbonyl (C=O) groups is 2.